The van der Waals surface area contributed by atoms with Crippen molar-refractivity contribution in [1.82, 2.24) is 20.5 Å². The van der Waals surface area contributed by atoms with Gasteiger partial charge in [-0.3, -0.25) is 14.4 Å². The maximum atomic E-state index is 13.6. The summed E-state index contributed by atoms with van der Waals surface area (Å²) in [5, 5.41) is 15.9. The van der Waals surface area contributed by atoms with E-state index in [9.17, 15) is 24.1 Å². The number of rotatable bonds is 10. The number of aliphatic hydroxyl groups excluding tert-OH is 1. The summed E-state index contributed by atoms with van der Waals surface area (Å²) in [4.78, 5) is 46.0. The lowest BCUT2D eigenvalue weighted by Gasteiger charge is -2.35. The number of carbonyl (C=O) groups is 3. The molecule has 1 aliphatic rings. The van der Waals surface area contributed by atoms with E-state index in [1.165, 1.54) is 4.90 Å². The minimum atomic E-state index is -2.45. The predicted molar refractivity (Wildman–Crippen MR) is 152 cm³/mol. The van der Waals surface area contributed by atoms with Crippen molar-refractivity contribution in [2.24, 2.45) is 5.41 Å². The molecular formula is C27H39N4O6PS. The van der Waals surface area contributed by atoms with Crippen LogP contribution in [0.2, 0.25) is 0 Å². The molecule has 3 amide bonds. The smallest absolute Gasteiger partial charge is 0.246 e. The molecule has 12 heteroatoms. The number of nitrogens with one attached hydrogen (secondary N) is 2. The van der Waals surface area contributed by atoms with Crippen molar-refractivity contribution < 1.29 is 28.8 Å². The van der Waals surface area contributed by atoms with Crippen LogP contribution in [0.15, 0.2) is 29.8 Å². The molecule has 0 bridgehead atoms. The summed E-state index contributed by atoms with van der Waals surface area (Å²) in [6, 6.07) is 6.02. The normalized spacial score (nSPS) is 18.6. The zero-order chi connectivity index (χ0) is 29.0. The molecule has 10 nitrogen and oxygen atoms in total. The van der Waals surface area contributed by atoms with Crippen LogP contribution in [0.5, 0.6) is 0 Å². The van der Waals surface area contributed by atoms with Crippen LogP contribution in [0.4, 0.5) is 0 Å². The number of amides is 3. The van der Waals surface area contributed by atoms with Crippen LogP contribution >= 0.6 is 18.5 Å². The van der Waals surface area contributed by atoms with Crippen LogP contribution in [0.25, 0.3) is 10.4 Å². The summed E-state index contributed by atoms with van der Waals surface area (Å²) in [5.74, 6) is -1.34. The molecule has 1 aliphatic heterocycles. The second-order valence-corrected chi connectivity index (χ2v) is 15.8. The first-order chi connectivity index (χ1) is 18.2. The molecule has 39 heavy (non-hydrogen) atoms. The Kier molecular flexibility index (Phi) is 10.1. The van der Waals surface area contributed by atoms with Crippen molar-refractivity contribution in [1.29, 1.82) is 0 Å². The van der Waals surface area contributed by atoms with Crippen molar-refractivity contribution in [3.8, 4) is 10.4 Å². The minimum Gasteiger partial charge on any atom is -0.391 e. The van der Waals surface area contributed by atoms with Gasteiger partial charge in [0, 0.05) is 19.5 Å². The van der Waals surface area contributed by atoms with Crippen LogP contribution in [-0.2, 0) is 30.2 Å². The Bertz CT molecular complexity index is 1220. The first-order valence-electron chi connectivity index (χ1n) is 12.8. The van der Waals surface area contributed by atoms with E-state index < -0.39 is 42.6 Å². The van der Waals surface area contributed by atoms with Gasteiger partial charge in [0.1, 0.15) is 25.8 Å². The lowest BCUT2D eigenvalue weighted by Crippen LogP contribution is -2.58. The van der Waals surface area contributed by atoms with Crippen LogP contribution in [0, 0.1) is 12.3 Å². The van der Waals surface area contributed by atoms with E-state index in [1.54, 1.807) is 24.7 Å². The minimum absolute atomic E-state index is 0.00633. The summed E-state index contributed by atoms with van der Waals surface area (Å²) in [5.41, 5.74) is 4.05. The van der Waals surface area contributed by atoms with Crippen LogP contribution in [0.1, 0.15) is 38.4 Å². The molecule has 1 aromatic heterocycles. The number of nitrogens with zero attached hydrogens (tertiary/aromatic N) is 2. The van der Waals surface area contributed by atoms with E-state index in [1.807, 2.05) is 57.5 Å². The molecule has 2 heterocycles. The third kappa shape index (κ3) is 8.70. The van der Waals surface area contributed by atoms with Gasteiger partial charge >= 0.3 is 0 Å². The van der Waals surface area contributed by atoms with Gasteiger partial charge in [0.25, 0.3) is 0 Å². The number of ether oxygens (including phenoxy) is 1. The number of β-amino-alcohol motifs (C(OH)–C–C–N with tert-alkyl or cyclic N) is 1. The lowest BCUT2D eigenvalue weighted by atomic mass is 9.85. The first-order valence-corrected chi connectivity index (χ1v) is 16.5. The Morgan fingerprint density at radius 2 is 1.90 bits per heavy atom. The van der Waals surface area contributed by atoms with Crippen molar-refractivity contribution in [2.75, 3.05) is 32.8 Å². The van der Waals surface area contributed by atoms with Crippen molar-refractivity contribution in [3.63, 3.8) is 0 Å². The van der Waals surface area contributed by atoms with Crippen molar-refractivity contribution in [3.05, 3.63) is 41.0 Å². The number of aryl methyl sites for hydroxylation is 1. The monoisotopic (exact) mass is 578 g/mol. The Balaban J connectivity index is 1.64. The van der Waals surface area contributed by atoms with E-state index in [-0.39, 0.29) is 38.4 Å². The highest BCUT2D eigenvalue weighted by molar-refractivity contribution is 7.62. The lowest BCUT2D eigenvalue weighted by molar-refractivity contribution is -0.144. The molecule has 0 radical (unpaired) electrons. The van der Waals surface area contributed by atoms with E-state index in [0.717, 1.165) is 21.7 Å². The fourth-order valence-electron chi connectivity index (χ4n) is 4.34. The molecule has 3 atom stereocenters. The molecular weight excluding hydrogens is 539 g/mol. The predicted octanol–water partition coefficient (Wildman–Crippen LogP) is 2.82. The number of aromatic nitrogens is 1. The van der Waals surface area contributed by atoms with Gasteiger partial charge in [-0.15, -0.1) is 11.3 Å². The maximum Gasteiger partial charge on any atom is 0.246 e. The molecule has 1 fully saturated rings. The van der Waals surface area contributed by atoms with Gasteiger partial charge in [-0.25, -0.2) is 4.98 Å². The zero-order valence-electron chi connectivity index (χ0n) is 23.4. The largest absolute Gasteiger partial charge is 0.391 e. The number of hydrogen-bond acceptors (Lipinski definition) is 8. The molecule has 214 valence electrons. The first kappa shape index (κ1) is 30.9. The average molecular weight is 579 g/mol. The highest BCUT2D eigenvalue weighted by Gasteiger charge is 2.44. The summed E-state index contributed by atoms with van der Waals surface area (Å²) in [6.45, 7) is 10.4. The van der Waals surface area contributed by atoms with Gasteiger partial charge in [0.05, 0.1) is 28.5 Å². The quantitative estimate of drug-likeness (QED) is 0.369. The summed E-state index contributed by atoms with van der Waals surface area (Å²) < 4.78 is 17.1. The van der Waals surface area contributed by atoms with Gasteiger partial charge in [-0.1, -0.05) is 45.0 Å². The highest BCUT2D eigenvalue weighted by Crippen LogP contribution is 2.35. The van der Waals surface area contributed by atoms with Gasteiger partial charge < -0.3 is 29.9 Å². The molecule has 1 aromatic carbocycles. The Morgan fingerprint density at radius 1 is 1.23 bits per heavy atom. The topological polar surface area (TPSA) is 138 Å². The van der Waals surface area contributed by atoms with Crippen LogP contribution < -0.4 is 10.6 Å². The summed E-state index contributed by atoms with van der Waals surface area (Å²) >= 11 is 1.57. The molecule has 0 spiro atoms. The van der Waals surface area contributed by atoms with Crippen LogP contribution in [-0.4, -0.2) is 83.7 Å². The van der Waals surface area contributed by atoms with E-state index >= 15 is 0 Å². The van der Waals surface area contributed by atoms with E-state index in [4.69, 9.17) is 4.74 Å². The van der Waals surface area contributed by atoms with Crippen LogP contribution in [0.3, 0.4) is 0 Å². The molecule has 2 aromatic rings. The third-order valence-electron chi connectivity index (χ3n) is 6.35. The average Bonchev–Trinajstić information content (AvgIpc) is 3.45. The Morgan fingerprint density at radius 3 is 2.46 bits per heavy atom. The second kappa shape index (κ2) is 12.7. The van der Waals surface area contributed by atoms with Gasteiger partial charge in [-0.2, -0.15) is 0 Å². The maximum absolute atomic E-state index is 13.6. The SMILES string of the molecule is Cc1ncsc1-c1ccc(CNC(=O)[C@@H]2C[C@@H](O)CN2C(=O)[C@H](NC(=O)COCP(C)(C)=O)C(C)(C)C)cc1. The second-order valence-electron chi connectivity index (χ2n) is 11.5. The molecule has 0 saturated carbocycles. The van der Waals surface area contributed by atoms with E-state index in [2.05, 4.69) is 15.6 Å². The van der Waals surface area contributed by atoms with Crippen molar-refractivity contribution >= 4 is 36.2 Å². The summed E-state index contributed by atoms with van der Waals surface area (Å²) in [6.07, 6.45) is -0.783. The molecule has 3 N–H and O–H groups in total. The highest BCUT2D eigenvalue weighted by atomic mass is 32.1. The zero-order valence-corrected chi connectivity index (χ0v) is 25.1. The molecule has 0 aliphatic carbocycles. The summed E-state index contributed by atoms with van der Waals surface area (Å²) in [7, 11) is -2.45. The molecule has 0 unspecified atom stereocenters. The van der Waals surface area contributed by atoms with Gasteiger partial charge in [0.2, 0.25) is 17.7 Å². The standard InChI is InChI=1S/C27H39N4O6PS/c1-17-23(39-15-29-17)19-9-7-18(8-10-19)12-28-25(34)21-11-20(32)13-31(21)26(35)24(27(2,3)4)30-22(33)14-37-16-38(5,6)36/h7-10,15,20-21,24,32H,11-14,16H2,1-6H3,(H,28,34)(H,30,33)/t20-,21+,24+/m1/s1. The van der Waals surface area contributed by atoms with Gasteiger partial charge in [0.15, 0.2) is 0 Å². The molecule has 3 rings (SSSR count). The number of likely N-dealkylation sites (tertiary alicyclic amines) is 1. The number of thiazole rings is 1. The van der Waals surface area contributed by atoms with Crippen molar-refractivity contribution in [2.45, 2.75) is 58.8 Å². The molecule has 1 saturated heterocycles. The fraction of sp³-hybridized carbons (Fsp3) is 0.556. The third-order valence-corrected chi connectivity index (χ3v) is 8.13. The number of hydrogen-bond donors (Lipinski definition) is 3. The van der Waals surface area contributed by atoms with E-state index in [0.29, 0.717) is 0 Å². The Hall–Kier alpha value is -2.59. The number of carbonyl (C=O) groups excluding carboxylic acids is 3. The number of aliphatic hydroxyl groups is 1. The Labute approximate surface area is 233 Å². The number of benzene rings is 1. The fourth-order valence-corrected chi connectivity index (χ4v) is 5.68. The van der Waals surface area contributed by atoms with Gasteiger partial charge in [-0.05, 0) is 36.8 Å².